The summed E-state index contributed by atoms with van der Waals surface area (Å²) < 4.78 is 1.14. The van der Waals surface area contributed by atoms with E-state index in [0.717, 1.165) is 15.0 Å². The lowest BCUT2D eigenvalue weighted by Crippen LogP contribution is -2.37. The number of rotatable bonds is 5. The summed E-state index contributed by atoms with van der Waals surface area (Å²) in [6, 6.07) is 11.9. The molecule has 2 heterocycles. The summed E-state index contributed by atoms with van der Waals surface area (Å²) in [4.78, 5) is 38.3. The molecule has 25 heavy (non-hydrogen) atoms. The predicted octanol–water partition coefficient (Wildman–Crippen LogP) is 2.16. The molecule has 0 spiro atoms. The summed E-state index contributed by atoms with van der Waals surface area (Å²) >= 11 is 7.45. The first-order valence-electron chi connectivity index (χ1n) is 7.41. The molecule has 0 aliphatic heterocycles. The van der Waals surface area contributed by atoms with Crippen molar-refractivity contribution in [2.45, 2.75) is 12.6 Å². The number of nitrogens with one attached hydrogen (secondary N) is 2. The van der Waals surface area contributed by atoms with Gasteiger partial charge in [-0.2, -0.15) is 0 Å². The SMILES string of the molecule is O=C(Cn1ccc(=O)[nH]c1=O)NC(c1ccc(Cl)cc1)c1cccs1. The summed E-state index contributed by atoms with van der Waals surface area (Å²) in [5.74, 6) is -0.345. The zero-order valence-corrected chi connectivity index (χ0v) is 14.5. The van der Waals surface area contributed by atoms with Gasteiger partial charge in [0.2, 0.25) is 5.91 Å². The molecule has 1 unspecified atom stereocenters. The minimum Gasteiger partial charge on any atom is -0.343 e. The number of amides is 1. The molecular weight excluding hydrogens is 362 g/mol. The maximum atomic E-state index is 12.4. The van der Waals surface area contributed by atoms with Gasteiger partial charge in [0, 0.05) is 22.2 Å². The van der Waals surface area contributed by atoms with Gasteiger partial charge in [-0.3, -0.25) is 19.1 Å². The average molecular weight is 376 g/mol. The maximum absolute atomic E-state index is 12.4. The summed E-state index contributed by atoms with van der Waals surface area (Å²) in [6.45, 7) is -0.189. The van der Waals surface area contributed by atoms with E-state index in [4.69, 9.17) is 11.6 Å². The van der Waals surface area contributed by atoms with Crippen molar-refractivity contribution < 1.29 is 4.79 Å². The first kappa shape index (κ1) is 17.2. The minimum atomic E-state index is -0.623. The number of carbonyl (C=O) groups excluding carboxylic acids is 1. The van der Waals surface area contributed by atoms with Crippen LogP contribution in [0.25, 0.3) is 0 Å². The van der Waals surface area contributed by atoms with E-state index in [2.05, 4.69) is 10.3 Å². The number of hydrogen-bond donors (Lipinski definition) is 2. The van der Waals surface area contributed by atoms with Gasteiger partial charge in [-0.05, 0) is 29.1 Å². The van der Waals surface area contributed by atoms with Crippen LogP contribution in [0.1, 0.15) is 16.5 Å². The Bertz CT molecular complexity index is 977. The molecule has 3 rings (SSSR count). The Morgan fingerprint density at radius 1 is 1.20 bits per heavy atom. The number of carbonyl (C=O) groups is 1. The van der Waals surface area contributed by atoms with Crippen molar-refractivity contribution in [2.24, 2.45) is 0 Å². The van der Waals surface area contributed by atoms with Gasteiger partial charge >= 0.3 is 5.69 Å². The van der Waals surface area contributed by atoms with E-state index < -0.39 is 11.2 Å². The van der Waals surface area contributed by atoms with Crippen LogP contribution in [0.5, 0.6) is 0 Å². The zero-order chi connectivity index (χ0) is 17.8. The fourth-order valence-corrected chi connectivity index (χ4v) is 3.29. The van der Waals surface area contributed by atoms with E-state index in [-0.39, 0.29) is 18.5 Å². The first-order chi connectivity index (χ1) is 12.0. The third-order valence-corrected chi connectivity index (χ3v) is 4.74. The first-order valence-corrected chi connectivity index (χ1v) is 8.67. The monoisotopic (exact) mass is 375 g/mol. The summed E-state index contributed by atoms with van der Waals surface area (Å²) in [6.07, 6.45) is 1.29. The van der Waals surface area contributed by atoms with Crippen LogP contribution in [0, 0.1) is 0 Å². The summed E-state index contributed by atoms with van der Waals surface area (Å²) in [5.41, 5.74) is -0.241. The highest BCUT2D eigenvalue weighted by Crippen LogP contribution is 2.27. The van der Waals surface area contributed by atoms with Crippen LogP contribution in [-0.2, 0) is 11.3 Å². The Hall–Kier alpha value is -2.64. The molecule has 1 amide bonds. The lowest BCUT2D eigenvalue weighted by molar-refractivity contribution is -0.122. The Morgan fingerprint density at radius 3 is 2.60 bits per heavy atom. The number of halogens is 1. The Labute approximate surface area is 151 Å². The van der Waals surface area contributed by atoms with Crippen LogP contribution in [0.4, 0.5) is 0 Å². The normalized spacial score (nSPS) is 11.9. The summed E-state index contributed by atoms with van der Waals surface area (Å²) in [7, 11) is 0. The molecule has 0 saturated heterocycles. The fraction of sp³-hybridized carbons (Fsp3) is 0.118. The van der Waals surface area contributed by atoms with Crippen molar-refractivity contribution >= 4 is 28.8 Å². The molecule has 0 radical (unpaired) electrons. The van der Waals surface area contributed by atoms with E-state index in [1.807, 2.05) is 29.6 Å². The van der Waals surface area contributed by atoms with Crippen molar-refractivity contribution in [2.75, 3.05) is 0 Å². The molecule has 1 aromatic carbocycles. The third-order valence-electron chi connectivity index (χ3n) is 3.55. The van der Waals surface area contributed by atoms with Gasteiger partial charge < -0.3 is 5.32 Å². The number of nitrogens with zero attached hydrogens (tertiary/aromatic N) is 1. The van der Waals surface area contributed by atoms with Gasteiger partial charge in [0.15, 0.2) is 0 Å². The van der Waals surface area contributed by atoms with Gasteiger partial charge in [0.05, 0.1) is 6.04 Å². The highest BCUT2D eigenvalue weighted by atomic mass is 35.5. The Balaban J connectivity index is 1.82. The fourth-order valence-electron chi connectivity index (χ4n) is 2.36. The molecule has 0 fully saturated rings. The largest absolute Gasteiger partial charge is 0.343 e. The van der Waals surface area contributed by atoms with Crippen LogP contribution in [0.2, 0.25) is 5.02 Å². The third kappa shape index (κ3) is 4.26. The molecule has 0 saturated carbocycles. The number of aromatic nitrogens is 2. The zero-order valence-electron chi connectivity index (χ0n) is 12.9. The van der Waals surface area contributed by atoms with Crippen LogP contribution < -0.4 is 16.6 Å². The minimum absolute atomic E-state index is 0.189. The van der Waals surface area contributed by atoms with Crippen LogP contribution in [0.3, 0.4) is 0 Å². The number of benzene rings is 1. The topological polar surface area (TPSA) is 84.0 Å². The van der Waals surface area contributed by atoms with Gasteiger partial charge in [0.1, 0.15) is 6.54 Å². The average Bonchev–Trinajstić information content (AvgIpc) is 3.10. The standard InChI is InChI=1S/C17H14ClN3O3S/c18-12-5-3-11(4-6-12)16(13-2-1-9-25-13)19-15(23)10-21-8-7-14(22)20-17(21)24/h1-9,16H,10H2,(H,19,23)(H,20,22,24). The maximum Gasteiger partial charge on any atom is 0.328 e. The number of thiophene rings is 1. The van der Waals surface area contributed by atoms with Crippen molar-refractivity contribution in [3.05, 3.63) is 90.3 Å². The number of aromatic amines is 1. The lowest BCUT2D eigenvalue weighted by atomic mass is 10.1. The molecule has 3 aromatic rings. The van der Waals surface area contributed by atoms with Gasteiger partial charge in [-0.15, -0.1) is 11.3 Å². The second-order valence-corrected chi connectivity index (χ2v) is 6.72. The predicted molar refractivity (Wildman–Crippen MR) is 97.1 cm³/mol. The van der Waals surface area contributed by atoms with E-state index in [0.29, 0.717) is 5.02 Å². The lowest BCUT2D eigenvalue weighted by Gasteiger charge is -2.18. The molecule has 2 N–H and O–H groups in total. The van der Waals surface area contributed by atoms with E-state index in [1.165, 1.54) is 23.6 Å². The molecule has 128 valence electrons. The van der Waals surface area contributed by atoms with E-state index in [9.17, 15) is 14.4 Å². The molecule has 6 nitrogen and oxygen atoms in total. The van der Waals surface area contributed by atoms with Crippen molar-refractivity contribution in [3.8, 4) is 0 Å². The number of H-pyrrole nitrogens is 1. The second kappa shape index (κ2) is 7.50. The van der Waals surface area contributed by atoms with Gasteiger partial charge in [0.25, 0.3) is 5.56 Å². The molecule has 0 bridgehead atoms. The van der Waals surface area contributed by atoms with Crippen LogP contribution in [-0.4, -0.2) is 15.5 Å². The molecular formula is C17H14ClN3O3S. The van der Waals surface area contributed by atoms with E-state index >= 15 is 0 Å². The van der Waals surface area contributed by atoms with Crippen LogP contribution >= 0.6 is 22.9 Å². The van der Waals surface area contributed by atoms with Crippen molar-refractivity contribution in [1.29, 1.82) is 0 Å². The Morgan fingerprint density at radius 2 is 1.96 bits per heavy atom. The van der Waals surface area contributed by atoms with Crippen LogP contribution in [0.15, 0.2) is 63.6 Å². The smallest absolute Gasteiger partial charge is 0.328 e. The molecule has 0 aliphatic carbocycles. The quantitative estimate of drug-likeness (QED) is 0.716. The number of hydrogen-bond acceptors (Lipinski definition) is 4. The molecule has 0 aliphatic rings. The summed E-state index contributed by atoms with van der Waals surface area (Å²) in [5, 5.41) is 5.46. The molecule has 2 aromatic heterocycles. The van der Waals surface area contributed by atoms with Gasteiger partial charge in [-0.1, -0.05) is 29.8 Å². The van der Waals surface area contributed by atoms with Gasteiger partial charge in [-0.25, -0.2) is 4.79 Å². The van der Waals surface area contributed by atoms with E-state index in [1.54, 1.807) is 12.1 Å². The van der Waals surface area contributed by atoms with Crippen molar-refractivity contribution in [1.82, 2.24) is 14.9 Å². The van der Waals surface area contributed by atoms with Crippen molar-refractivity contribution in [3.63, 3.8) is 0 Å². The Kier molecular flexibility index (Phi) is 5.16. The highest BCUT2D eigenvalue weighted by Gasteiger charge is 2.18. The molecule has 8 heteroatoms. The molecule has 1 atom stereocenters. The second-order valence-electron chi connectivity index (χ2n) is 5.31. The highest BCUT2D eigenvalue weighted by molar-refractivity contribution is 7.10.